The number of morpholine rings is 1. The van der Waals surface area contributed by atoms with Crippen LogP contribution in [0.15, 0.2) is 24.3 Å². The Bertz CT molecular complexity index is 440. The van der Waals surface area contributed by atoms with Crippen molar-refractivity contribution in [2.45, 2.75) is 13.0 Å². The minimum absolute atomic E-state index is 0. The topological polar surface area (TPSA) is 67.6 Å². The van der Waals surface area contributed by atoms with Crippen LogP contribution >= 0.6 is 24.8 Å². The first-order chi connectivity index (χ1) is 9.15. The summed E-state index contributed by atoms with van der Waals surface area (Å²) in [5, 5.41) is 2.99. The van der Waals surface area contributed by atoms with Crippen molar-refractivity contribution in [3.8, 4) is 0 Å². The van der Waals surface area contributed by atoms with E-state index in [1.807, 2.05) is 6.92 Å². The van der Waals surface area contributed by atoms with Gasteiger partial charge in [0.25, 0.3) is 5.91 Å². The van der Waals surface area contributed by atoms with Crippen LogP contribution in [0.1, 0.15) is 17.3 Å². The number of nitrogens with zero attached hydrogens (tertiary/aromatic N) is 1. The summed E-state index contributed by atoms with van der Waals surface area (Å²) in [5.74, 6) is -0.0759. The van der Waals surface area contributed by atoms with E-state index in [2.05, 4.69) is 10.2 Å². The number of amides is 1. The van der Waals surface area contributed by atoms with Gasteiger partial charge in [0.1, 0.15) is 0 Å². The summed E-state index contributed by atoms with van der Waals surface area (Å²) in [6, 6.07) is 7.13. The molecule has 1 aliphatic rings. The zero-order valence-corrected chi connectivity index (χ0v) is 13.7. The Labute approximate surface area is 138 Å². The van der Waals surface area contributed by atoms with E-state index in [1.165, 1.54) is 0 Å². The van der Waals surface area contributed by atoms with Gasteiger partial charge < -0.3 is 15.8 Å². The Morgan fingerprint density at radius 1 is 1.38 bits per heavy atom. The molecule has 0 radical (unpaired) electrons. The van der Waals surface area contributed by atoms with Gasteiger partial charge in [-0.1, -0.05) is 6.07 Å². The minimum atomic E-state index is -0.0759. The number of ether oxygens (including phenoxy) is 1. The second-order valence-corrected chi connectivity index (χ2v) is 4.91. The number of hydrogen-bond acceptors (Lipinski definition) is 4. The smallest absolute Gasteiger partial charge is 0.251 e. The van der Waals surface area contributed by atoms with Gasteiger partial charge in [0.2, 0.25) is 0 Å². The Balaban J connectivity index is 0.00000200. The van der Waals surface area contributed by atoms with Crippen molar-refractivity contribution in [3.05, 3.63) is 29.8 Å². The number of nitrogens with one attached hydrogen (secondary N) is 1. The fraction of sp³-hybridized carbons (Fsp3) is 0.500. The molecule has 120 valence electrons. The van der Waals surface area contributed by atoms with E-state index in [0.29, 0.717) is 11.3 Å². The molecule has 1 unspecified atom stereocenters. The summed E-state index contributed by atoms with van der Waals surface area (Å²) in [4.78, 5) is 14.3. The molecule has 1 aliphatic heterocycles. The van der Waals surface area contributed by atoms with E-state index in [4.69, 9.17) is 10.5 Å². The normalized spacial score (nSPS) is 16.2. The minimum Gasteiger partial charge on any atom is -0.399 e. The van der Waals surface area contributed by atoms with Gasteiger partial charge in [-0.2, -0.15) is 0 Å². The van der Waals surface area contributed by atoms with Crippen molar-refractivity contribution in [3.63, 3.8) is 0 Å². The Kier molecular flexibility index (Phi) is 9.37. The number of rotatable bonds is 4. The van der Waals surface area contributed by atoms with Crippen LogP contribution in [0.5, 0.6) is 0 Å². The maximum absolute atomic E-state index is 12.0. The number of carbonyl (C=O) groups is 1. The average Bonchev–Trinajstić information content (AvgIpc) is 2.39. The van der Waals surface area contributed by atoms with Gasteiger partial charge in [0.05, 0.1) is 13.2 Å². The quantitative estimate of drug-likeness (QED) is 0.819. The largest absolute Gasteiger partial charge is 0.399 e. The lowest BCUT2D eigenvalue weighted by Crippen LogP contribution is -2.46. The van der Waals surface area contributed by atoms with Gasteiger partial charge in [-0.05, 0) is 25.1 Å². The van der Waals surface area contributed by atoms with Crippen molar-refractivity contribution in [1.82, 2.24) is 10.2 Å². The summed E-state index contributed by atoms with van der Waals surface area (Å²) >= 11 is 0. The van der Waals surface area contributed by atoms with Crippen LogP contribution in [0.2, 0.25) is 0 Å². The fourth-order valence-corrected chi connectivity index (χ4v) is 2.20. The molecule has 1 amide bonds. The first-order valence-electron chi connectivity index (χ1n) is 6.61. The molecule has 1 atom stereocenters. The van der Waals surface area contributed by atoms with Crippen LogP contribution in [-0.2, 0) is 4.74 Å². The highest BCUT2D eigenvalue weighted by molar-refractivity contribution is 5.95. The summed E-state index contributed by atoms with van der Waals surface area (Å²) in [7, 11) is 0. The molecule has 0 bridgehead atoms. The zero-order chi connectivity index (χ0) is 13.7. The van der Waals surface area contributed by atoms with Crippen molar-refractivity contribution >= 4 is 36.4 Å². The molecule has 1 aromatic rings. The van der Waals surface area contributed by atoms with Gasteiger partial charge in [-0.15, -0.1) is 24.8 Å². The SMILES string of the molecule is CC(CN1CCOCC1)NC(=O)c1cccc(N)c1.Cl.Cl. The van der Waals surface area contributed by atoms with Crippen LogP contribution in [0.3, 0.4) is 0 Å². The molecule has 0 aromatic heterocycles. The average molecular weight is 336 g/mol. The number of carbonyl (C=O) groups excluding carboxylic acids is 1. The number of nitrogens with two attached hydrogens (primary N) is 1. The van der Waals surface area contributed by atoms with Crippen LogP contribution in [-0.4, -0.2) is 49.7 Å². The molecule has 1 heterocycles. The lowest BCUT2D eigenvalue weighted by Gasteiger charge is -2.29. The standard InChI is InChI=1S/C14H21N3O2.2ClH/c1-11(10-17-5-7-19-8-6-17)16-14(18)12-3-2-4-13(15)9-12;;/h2-4,9,11H,5-8,10,15H2,1H3,(H,16,18);2*1H. The number of nitrogen functional groups attached to an aromatic ring is 1. The first-order valence-corrected chi connectivity index (χ1v) is 6.61. The molecule has 1 fully saturated rings. The maximum atomic E-state index is 12.0. The van der Waals surface area contributed by atoms with Crippen molar-refractivity contribution in [2.75, 3.05) is 38.6 Å². The van der Waals surface area contributed by atoms with E-state index in [9.17, 15) is 4.79 Å². The molecule has 21 heavy (non-hydrogen) atoms. The second-order valence-electron chi connectivity index (χ2n) is 4.91. The number of anilines is 1. The molecule has 0 saturated carbocycles. The van der Waals surface area contributed by atoms with Crippen molar-refractivity contribution in [1.29, 1.82) is 0 Å². The van der Waals surface area contributed by atoms with Gasteiger partial charge in [0.15, 0.2) is 0 Å². The van der Waals surface area contributed by atoms with Crippen molar-refractivity contribution < 1.29 is 9.53 Å². The molecule has 0 aliphatic carbocycles. The molecule has 3 N–H and O–H groups in total. The van der Waals surface area contributed by atoms with E-state index < -0.39 is 0 Å². The highest BCUT2D eigenvalue weighted by Crippen LogP contribution is 2.07. The third-order valence-corrected chi connectivity index (χ3v) is 3.16. The third-order valence-electron chi connectivity index (χ3n) is 3.16. The van der Waals surface area contributed by atoms with Crippen LogP contribution in [0.4, 0.5) is 5.69 Å². The summed E-state index contributed by atoms with van der Waals surface area (Å²) in [5.41, 5.74) is 6.88. The van der Waals surface area contributed by atoms with Crippen LogP contribution in [0.25, 0.3) is 0 Å². The molecule has 2 rings (SSSR count). The van der Waals surface area contributed by atoms with Gasteiger partial charge in [-0.25, -0.2) is 0 Å². The number of halogens is 2. The predicted molar refractivity (Wildman–Crippen MR) is 89.5 cm³/mol. The first kappa shape index (κ1) is 20.0. The molecular weight excluding hydrogens is 313 g/mol. The van der Waals surface area contributed by atoms with E-state index >= 15 is 0 Å². The molecule has 1 saturated heterocycles. The van der Waals surface area contributed by atoms with Crippen LogP contribution < -0.4 is 11.1 Å². The zero-order valence-electron chi connectivity index (χ0n) is 12.1. The predicted octanol–water partition coefficient (Wildman–Crippen LogP) is 1.56. The highest BCUT2D eigenvalue weighted by Gasteiger charge is 2.15. The summed E-state index contributed by atoms with van der Waals surface area (Å²) in [6.45, 7) is 6.26. The van der Waals surface area contributed by atoms with E-state index in [0.717, 1.165) is 32.8 Å². The van der Waals surface area contributed by atoms with Gasteiger partial charge in [-0.3, -0.25) is 9.69 Å². The van der Waals surface area contributed by atoms with Gasteiger partial charge in [0, 0.05) is 36.9 Å². The maximum Gasteiger partial charge on any atom is 0.251 e. The molecule has 5 nitrogen and oxygen atoms in total. The van der Waals surface area contributed by atoms with Gasteiger partial charge >= 0.3 is 0 Å². The number of hydrogen-bond donors (Lipinski definition) is 2. The van der Waals surface area contributed by atoms with E-state index in [1.54, 1.807) is 24.3 Å². The Hall–Kier alpha value is -1.01. The fourth-order valence-electron chi connectivity index (χ4n) is 2.20. The number of benzene rings is 1. The molecule has 7 heteroatoms. The molecule has 1 aromatic carbocycles. The third kappa shape index (κ3) is 6.52. The highest BCUT2D eigenvalue weighted by atomic mass is 35.5. The summed E-state index contributed by atoms with van der Waals surface area (Å²) in [6.07, 6.45) is 0. The van der Waals surface area contributed by atoms with Crippen LogP contribution in [0, 0.1) is 0 Å². The summed E-state index contributed by atoms with van der Waals surface area (Å²) < 4.78 is 5.30. The Morgan fingerprint density at radius 2 is 2.05 bits per heavy atom. The molecule has 0 spiro atoms. The van der Waals surface area contributed by atoms with Crippen molar-refractivity contribution in [2.24, 2.45) is 0 Å². The monoisotopic (exact) mass is 335 g/mol. The second kappa shape index (κ2) is 9.84. The lowest BCUT2D eigenvalue weighted by molar-refractivity contribution is 0.0342. The molecular formula is C14H23Cl2N3O2. The Morgan fingerprint density at radius 3 is 2.67 bits per heavy atom. The lowest BCUT2D eigenvalue weighted by atomic mass is 10.1. The van der Waals surface area contributed by atoms with E-state index in [-0.39, 0.29) is 36.8 Å².